The van der Waals surface area contributed by atoms with Crippen LogP contribution >= 0.6 is 0 Å². The minimum Gasteiger partial charge on any atom is -0.462 e. The SMILES string of the molecule is COC(=O)C(=O)N1CCNCC1C. The minimum atomic E-state index is -0.784. The number of methoxy groups -OCH3 is 1. The van der Waals surface area contributed by atoms with E-state index < -0.39 is 11.9 Å². The number of nitrogens with zero attached hydrogens (tertiary/aromatic N) is 1. The summed E-state index contributed by atoms with van der Waals surface area (Å²) in [6, 6.07) is 0.0559. The number of nitrogens with one attached hydrogen (secondary N) is 1. The number of piperazine rings is 1. The summed E-state index contributed by atoms with van der Waals surface area (Å²) in [6.07, 6.45) is 0. The molecule has 1 aliphatic rings. The highest BCUT2D eigenvalue weighted by Gasteiger charge is 2.28. The number of hydrogen-bond donors (Lipinski definition) is 1. The van der Waals surface area contributed by atoms with E-state index in [2.05, 4.69) is 10.1 Å². The minimum absolute atomic E-state index is 0.0559. The molecule has 74 valence electrons. The van der Waals surface area contributed by atoms with Crippen LogP contribution in [0.3, 0.4) is 0 Å². The maximum Gasteiger partial charge on any atom is 0.396 e. The molecule has 0 aromatic heterocycles. The third kappa shape index (κ3) is 2.18. The molecule has 1 unspecified atom stereocenters. The lowest BCUT2D eigenvalue weighted by atomic mass is 10.2. The second-order valence-corrected chi connectivity index (χ2v) is 3.04. The summed E-state index contributed by atoms with van der Waals surface area (Å²) in [6.45, 7) is 3.91. The smallest absolute Gasteiger partial charge is 0.396 e. The molecule has 1 aliphatic heterocycles. The second kappa shape index (κ2) is 4.23. The number of ether oxygens (including phenoxy) is 1. The van der Waals surface area contributed by atoms with E-state index in [1.807, 2.05) is 6.92 Å². The van der Waals surface area contributed by atoms with E-state index in [1.165, 1.54) is 12.0 Å². The van der Waals surface area contributed by atoms with Gasteiger partial charge in [-0.2, -0.15) is 0 Å². The summed E-state index contributed by atoms with van der Waals surface area (Å²) in [4.78, 5) is 23.8. The maximum absolute atomic E-state index is 11.4. The summed E-state index contributed by atoms with van der Waals surface area (Å²) >= 11 is 0. The molecule has 1 N–H and O–H groups in total. The van der Waals surface area contributed by atoms with E-state index in [0.29, 0.717) is 6.54 Å². The highest BCUT2D eigenvalue weighted by atomic mass is 16.5. The molecule has 0 radical (unpaired) electrons. The van der Waals surface area contributed by atoms with Crippen LogP contribution in [0.15, 0.2) is 0 Å². The highest BCUT2D eigenvalue weighted by Crippen LogP contribution is 2.03. The lowest BCUT2D eigenvalue weighted by Crippen LogP contribution is -2.54. The van der Waals surface area contributed by atoms with Gasteiger partial charge in [0.05, 0.1) is 7.11 Å². The summed E-state index contributed by atoms with van der Waals surface area (Å²) in [5.41, 5.74) is 0. The summed E-state index contributed by atoms with van der Waals surface area (Å²) in [7, 11) is 1.22. The summed E-state index contributed by atoms with van der Waals surface area (Å²) < 4.78 is 4.36. The van der Waals surface area contributed by atoms with Crippen molar-refractivity contribution in [2.75, 3.05) is 26.7 Å². The molecule has 0 saturated carbocycles. The lowest BCUT2D eigenvalue weighted by Gasteiger charge is -2.32. The molecule has 5 heteroatoms. The van der Waals surface area contributed by atoms with Crippen molar-refractivity contribution in [1.29, 1.82) is 0 Å². The van der Waals surface area contributed by atoms with Gasteiger partial charge in [-0.25, -0.2) is 4.79 Å². The zero-order valence-corrected chi connectivity index (χ0v) is 7.87. The molecule has 0 bridgehead atoms. The fraction of sp³-hybridized carbons (Fsp3) is 0.750. The molecule has 13 heavy (non-hydrogen) atoms. The molecule has 0 aliphatic carbocycles. The Hall–Kier alpha value is -1.10. The number of carbonyl (C=O) groups excluding carboxylic acids is 2. The van der Waals surface area contributed by atoms with E-state index in [1.54, 1.807) is 0 Å². The molecule has 1 atom stereocenters. The van der Waals surface area contributed by atoms with Crippen LogP contribution in [0, 0.1) is 0 Å². The first-order valence-electron chi connectivity index (χ1n) is 4.26. The van der Waals surface area contributed by atoms with Crippen LogP contribution in [0.2, 0.25) is 0 Å². The fourth-order valence-electron chi connectivity index (χ4n) is 1.35. The number of carbonyl (C=O) groups is 2. The van der Waals surface area contributed by atoms with Crippen molar-refractivity contribution in [2.24, 2.45) is 0 Å². The third-order valence-corrected chi connectivity index (χ3v) is 2.12. The van der Waals surface area contributed by atoms with Gasteiger partial charge in [0.1, 0.15) is 0 Å². The second-order valence-electron chi connectivity index (χ2n) is 3.04. The van der Waals surface area contributed by atoms with Crippen LogP contribution in [0.4, 0.5) is 0 Å². The van der Waals surface area contributed by atoms with Gasteiger partial charge in [0.2, 0.25) is 0 Å². The van der Waals surface area contributed by atoms with Crippen molar-refractivity contribution in [3.05, 3.63) is 0 Å². The van der Waals surface area contributed by atoms with Gasteiger partial charge in [0, 0.05) is 25.7 Å². The zero-order chi connectivity index (χ0) is 9.84. The lowest BCUT2D eigenvalue weighted by molar-refractivity contribution is -0.159. The first-order chi connectivity index (χ1) is 6.16. The summed E-state index contributed by atoms with van der Waals surface area (Å²) in [5, 5.41) is 3.13. The van der Waals surface area contributed by atoms with Gasteiger partial charge in [0.25, 0.3) is 0 Å². The molecule has 1 saturated heterocycles. The van der Waals surface area contributed by atoms with Gasteiger partial charge in [-0.1, -0.05) is 0 Å². The molecule has 1 fully saturated rings. The highest BCUT2D eigenvalue weighted by molar-refractivity contribution is 6.32. The molecule has 0 aromatic carbocycles. The van der Waals surface area contributed by atoms with Crippen molar-refractivity contribution in [2.45, 2.75) is 13.0 Å². The number of rotatable bonds is 0. The Bertz CT molecular complexity index is 217. The molecule has 1 heterocycles. The summed E-state index contributed by atoms with van der Waals surface area (Å²) in [5.74, 6) is -1.33. The van der Waals surface area contributed by atoms with Gasteiger partial charge >= 0.3 is 11.9 Å². The normalized spacial score (nSPS) is 22.6. The number of esters is 1. The average molecular weight is 186 g/mol. The van der Waals surface area contributed by atoms with E-state index in [0.717, 1.165) is 13.1 Å². The number of hydrogen-bond acceptors (Lipinski definition) is 4. The van der Waals surface area contributed by atoms with Gasteiger partial charge in [-0.3, -0.25) is 4.79 Å². The Morgan fingerprint density at radius 2 is 2.23 bits per heavy atom. The quantitative estimate of drug-likeness (QED) is 0.388. The average Bonchev–Trinajstić information content (AvgIpc) is 2.16. The van der Waals surface area contributed by atoms with Crippen molar-refractivity contribution < 1.29 is 14.3 Å². The molecular formula is C8H14N2O3. The predicted octanol–water partition coefficient (Wildman–Crippen LogP) is -1.02. The Morgan fingerprint density at radius 3 is 2.77 bits per heavy atom. The van der Waals surface area contributed by atoms with Crippen molar-refractivity contribution >= 4 is 11.9 Å². The fourth-order valence-corrected chi connectivity index (χ4v) is 1.35. The Morgan fingerprint density at radius 1 is 1.54 bits per heavy atom. The topological polar surface area (TPSA) is 58.6 Å². The van der Waals surface area contributed by atoms with Gasteiger partial charge in [-0.05, 0) is 6.92 Å². The Kier molecular flexibility index (Phi) is 3.25. The van der Waals surface area contributed by atoms with Crippen molar-refractivity contribution in [3.8, 4) is 0 Å². The van der Waals surface area contributed by atoms with Gasteiger partial charge in [-0.15, -0.1) is 0 Å². The van der Waals surface area contributed by atoms with E-state index in [9.17, 15) is 9.59 Å². The van der Waals surface area contributed by atoms with Gasteiger partial charge in [0.15, 0.2) is 0 Å². The van der Waals surface area contributed by atoms with Crippen LogP contribution in [-0.2, 0) is 14.3 Å². The van der Waals surface area contributed by atoms with Crippen molar-refractivity contribution in [3.63, 3.8) is 0 Å². The monoisotopic (exact) mass is 186 g/mol. The van der Waals surface area contributed by atoms with Crippen LogP contribution < -0.4 is 5.32 Å². The first kappa shape index (κ1) is 9.98. The van der Waals surface area contributed by atoms with Crippen LogP contribution in [0.25, 0.3) is 0 Å². The van der Waals surface area contributed by atoms with E-state index in [4.69, 9.17) is 0 Å². The third-order valence-electron chi connectivity index (χ3n) is 2.12. The van der Waals surface area contributed by atoms with E-state index >= 15 is 0 Å². The molecule has 1 rings (SSSR count). The molecular weight excluding hydrogens is 172 g/mol. The molecule has 1 amide bonds. The Labute approximate surface area is 77.0 Å². The Balaban J connectivity index is 2.58. The zero-order valence-electron chi connectivity index (χ0n) is 7.87. The first-order valence-corrected chi connectivity index (χ1v) is 4.26. The molecule has 0 spiro atoms. The van der Waals surface area contributed by atoms with Gasteiger partial charge < -0.3 is 15.0 Å². The predicted molar refractivity (Wildman–Crippen MR) is 46.1 cm³/mol. The maximum atomic E-state index is 11.4. The van der Waals surface area contributed by atoms with E-state index in [-0.39, 0.29) is 6.04 Å². The van der Waals surface area contributed by atoms with Crippen LogP contribution in [0.5, 0.6) is 0 Å². The number of amides is 1. The van der Waals surface area contributed by atoms with Crippen LogP contribution in [0.1, 0.15) is 6.92 Å². The largest absolute Gasteiger partial charge is 0.462 e. The molecule has 5 nitrogen and oxygen atoms in total. The standard InChI is InChI=1S/C8H14N2O3/c1-6-5-9-3-4-10(6)7(11)8(12)13-2/h6,9H,3-5H2,1-2H3. The van der Waals surface area contributed by atoms with Crippen molar-refractivity contribution in [1.82, 2.24) is 10.2 Å². The molecule has 0 aromatic rings. The van der Waals surface area contributed by atoms with Crippen LogP contribution in [-0.4, -0.2) is 49.6 Å².